The molecule has 0 spiro atoms. The molecule has 0 aliphatic heterocycles. The van der Waals surface area contributed by atoms with Crippen molar-refractivity contribution < 1.29 is 24.2 Å². The zero-order chi connectivity index (χ0) is 12.7. The molecule has 0 radical (unpaired) electrons. The van der Waals surface area contributed by atoms with Crippen LogP contribution in [0.1, 0.15) is 17.3 Å². The summed E-state index contributed by atoms with van der Waals surface area (Å²) in [5.74, 6) is -1.02. The van der Waals surface area contributed by atoms with E-state index in [1.54, 1.807) is 19.1 Å². The van der Waals surface area contributed by atoms with Crippen molar-refractivity contribution in [3.63, 3.8) is 0 Å². The first kappa shape index (κ1) is 13.2. The monoisotopic (exact) mass is 238 g/mol. The maximum absolute atomic E-state index is 11.5. The van der Waals surface area contributed by atoms with Crippen LogP contribution in [-0.4, -0.2) is 36.7 Å². The molecule has 17 heavy (non-hydrogen) atoms. The summed E-state index contributed by atoms with van der Waals surface area (Å²) in [5.41, 5.74) is 0.250. The van der Waals surface area contributed by atoms with E-state index in [2.05, 4.69) is 4.74 Å². The van der Waals surface area contributed by atoms with Gasteiger partial charge in [0, 0.05) is 5.56 Å². The minimum Gasteiger partial charge on any atom is -0.491 e. The van der Waals surface area contributed by atoms with Crippen molar-refractivity contribution >= 4 is 11.8 Å². The molecule has 0 aliphatic rings. The van der Waals surface area contributed by atoms with Gasteiger partial charge in [0.2, 0.25) is 0 Å². The third kappa shape index (κ3) is 3.88. The second-order valence-corrected chi connectivity index (χ2v) is 3.15. The Hall–Kier alpha value is -1.88. The van der Waals surface area contributed by atoms with Gasteiger partial charge in [-0.3, -0.25) is 4.79 Å². The number of carbonyl (C=O) groups excluding carboxylic acids is 2. The number of benzene rings is 1. The van der Waals surface area contributed by atoms with Gasteiger partial charge in [0.25, 0.3) is 5.78 Å². The van der Waals surface area contributed by atoms with Crippen molar-refractivity contribution in [3.05, 3.63) is 29.8 Å². The Balaban J connectivity index is 2.67. The lowest BCUT2D eigenvalue weighted by atomic mass is 10.1. The van der Waals surface area contributed by atoms with Crippen LogP contribution < -0.4 is 4.74 Å². The van der Waals surface area contributed by atoms with Crippen LogP contribution in [0, 0.1) is 0 Å². The molecule has 0 unspecified atom stereocenters. The average molecular weight is 238 g/mol. The Kier molecular flexibility index (Phi) is 5.16. The molecule has 92 valence electrons. The second kappa shape index (κ2) is 6.65. The lowest BCUT2D eigenvalue weighted by Crippen LogP contribution is -2.17. The molecule has 1 aromatic rings. The van der Waals surface area contributed by atoms with Crippen molar-refractivity contribution in [1.82, 2.24) is 0 Å². The Morgan fingerprint density at radius 3 is 2.41 bits per heavy atom. The second-order valence-electron chi connectivity index (χ2n) is 3.15. The van der Waals surface area contributed by atoms with E-state index < -0.39 is 11.8 Å². The van der Waals surface area contributed by atoms with Crippen molar-refractivity contribution in [1.29, 1.82) is 0 Å². The summed E-state index contributed by atoms with van der Waals surface area (Å²) < 4.78 is 9.72. The fourth-order valence-corrected chi connectivity index (χ4v) is 1.18. The number of ether oxygens (including phenoxy) is 2. The van der Waals surface area contributed by atoms with Gasteiger partial charge >= 0.3 is 5.97 Å². The highest BCUT2D eigenvalue weighted by Crippen LogP contribution is 2.12. The molecule has 0 fully saturated rings. The van der Waals surface area contributed by atoms with Crippen LogP contribution in [0.25, 0.3) is 0 Å². The first-order chi connectivity index (χ1) is 8.19. The zero-order valence-corrected chi connectivity index (χ0v) is 9.51. The number of hydrogen-bond donors (Lipinski definition) is 1. The van der Waals surface area contributed by atoms with Crippen LogP contribution in [0.4, 0.5) is 0 Å². The molecular weight excluding hydrogens is 224 g/mol. The van der Waals surface area contributed by atoms with Crippen molar-refractivity contribution in [2.24, 2.45) is 0 Å². The highest BCUT2D eigenvalue weighted by molar-refractivity contribution is 6.40. The van der Waals surface area contributed by atoms with Crippen LogP contribution in [0.15, 0.2) is 24.3 Å². The van der Waals surface area contributed by atoms with E-state index in [9.17, 15) is 9.59 Å². The van der Waals surface area contributed by atoms with Gasteiger partial charge in [-0.05, 0) is 31.2 Å². The molecule has 0 atom stereocenters. The van der Waals surface area contributed by atoms with E-state index in [-0.39, 0.29) is 25.4 Å². The topological polar surface area (TPSA) is 72.8 Å². The molecule has 1 N–H and O–H groups in total. The third-order valence-corrected chi connectivity index (χ3v) is 1.94. The predicted molar refractivity (Wildman–Crippen MR) is 60.0 cm³/mol. The normalized spacial score (nSPS) is 9.76. The van der Waals surface area contributed by atoms with Crippen LogP contribution >= 0.6 is 0 Å². The largest absolute Gasteiger partial charge is 0.491 e. The summed E-state index contributed by atoms with van der Waals surface area (Å²) in [7, 11) is 0. The molecule has 5 nitrogen and oxygen atoms in total. The Bertz CT molecular complexity index is 382. The van der Waals surface area contributed by atoms with Crippen molar-refractivity contribution in [2.75, 3.05) is 19.8 Å². The van der Waals surface area contributed by atoms with Gasteiger partial charge < -0.3 is 14.6 Å². The van der Waals surface area contributed by atoms with Crippen LogP contribution in [0.5, 0.6) is 5.75 Å². The van der Waals surface area contributed by atoms with Gasteiger partial charge in [-0.1, -0.05) is 0 Å². The number of ketones is 1. The predicted octanol–water partition coefficient (Wildman–Crippen LogP) is 0.804. The number of carbonyl (C=O) groups is 2. The van der Waals surface area contributed by atoms with E-state index in [4.69, 9.17) is 9.84 Å². The van der Waals surface area contributed by atoms with E-state index in [1.807, 2.05) is 0 Å². The van der Waals surface area contributed by atoms with Gasteiger partial charge in [-0.15, -0.1) is 0 Å². The summed E-state index contributed by atoms with van der Waals surface area (Å²) in [6, 6.07) is 6.07. The fraction of sp³-hybridized carbons (Fsp3) is 0.333. The highest BCUT2D eigenvalue weighted by atomic mass is 16.5. The van der Waals surface area contributed by atoms with Gasteiger partial charge in [0.15, 0.2) is 0 Å². The van der Waals surface area contributed by atoms with Crippen LogP contribution in [-0.2, 0) is 9.53 Å². The zero-order valence-electron chi connectivity index (χ0n) is 9.51. The van der Waals surface area contributed by atoms with E-state index in [0.29, 0.717) is 5.75 Å². The summed E-state index contributed by atoms with van der Waals surface area (Å²) >= 11 is 0. The summed E-state index contributed by atoms with van der Waals surface area (Å²) in [4.78, 5) is 22.7. The Labute approximate surface area is 99.0 Å². The quantitative estimate of drug-likeness (QED) is 0.451. The summed E-state index contributed by atoms with van der Waals surface area (Å²) in [6.45, 7) is 1.91. The molecule has 0 saturated heterocycles. The SMILES string of the molecule is CCOC(=O)C(=O)c1ccc(OCCO)cc1. The molecule has 0 amide bonds. The third-order valence-electron chi connectivity index (χ3n) is 1.94. The number of Topliss-reactive ketones (excluding diaryl/α,β-unsaturated/α-hetero) is 1. The fourth-order valence-electron chi connectivity index (χ4n) is 1.18. The average Bonchev–Trinajstić information content (AvgIpc) is 2.36. The standard InChI is InChI=1S/C12H14O5/c1-2-16-12(15)11(14)9-3-5-10(6-4-9)17-8-7-13/h3-6,13H,2,7-8H2,1H3. The van der Waals surface area contributed by atoms with E-state index >= 15 is 0 Å². The van der Waals surface area contributed by atoms with Gasteiger partial charge in [-0.2, -0.15) is 0 Å². The van der Waals surface area contributed by atoms with Gasteiger partial charge in [-0.25, -0.2) is 4.79 Å². The number of aliphatic hydroxyl groups excluding tert-OH is 1. The molecule has 0 heterocycles. The van der Waals surface area contributed by atoms with Crippen molar-refractivity contribution in [3.8, 4) is 5.75 Å². The maximum atomic E-state index is 11.5. The highest BCUT2D eigenvalue weighted by Gasteiger charge is 2.16. The number of rotatable bonds is 6. The molecule has 0 aliphatic carbocycles. The summed E-state index contributed by atoms with van der Waals surface area (Å²) in [5, 5.41) is 8.56. The van der Waals surface area contributed by atoms with E-state index in [0.717, 1.165) is 0 Å². The smallest absolute Gasteiger partial charge is 0.379 e. The lowest BCUT2D eigenvalue weighted by molar-refractivity contribution is -0.137. The van der Waals surface area contributed by atoms with E-state index in [1.165, 1.54) is 12.1 Å². The van der Waals surface area contributed by atoms with Crippen LogP contribution in [0.2, 0.25) is 0 Å². The minimum atomic E-state index is -0.864. The molecule has 0 bridgehead atoms. The Morgan fingerprint density at radius 2 is 1.88 bits per heavy atom. The molecule has 1 aromatic carbocycles. The first-order valence-corrected chi connectivity index (χ1v) is 5.24. The number of esters is 1. The number of hydrogen-bond acceptors (Lipinski definition) is 5. The molecule has 0 aromatic heterocycles. The molecule has 0 saturated carbocycles. The Morgan fingerprint density at radius 1 is 1.24 bits per heavy atom. The first-order valence-electron chi connectivity index (χ1n) is 5.24. The maximum Gasteiger partial charge on any atom is 0.379 e. The van der Waals surface area contributed by atoms with Crippen LogP contribution in [0.3, 0.4) is 0 Å². The number of aliphatic hydroxyl groups is 1. The van der Waals surface area contributed by atoms with Gasteiger partial charge in [0.1, 0.15) is 12.4 Å². The minimum absolute atomic E-state index is 0.0799. The molecule has 1 rings (SSSR count). The van der Waals surface area contributed by atoms with Gasteiger partial charge in [0.05, 0.1) is 13.2 Å². The van der Waals surface area contributed by atoms with Crippen molar-refractivity contribution in [2.45, 2.75) is 6.92 Å². The lowest BCUT2D eigenvalue weighted by Gasteiger charge is -2.05. The molecule has 5 heteroatoms. The molecular formula is C12H14O5. The summed E-state index contributed by atoms with van der Waals surface area (Å²) in [6.07, 6.45) is 0.